The maximum absolute atomic E-state index is 13.2. The van der Waals surface area contributed by atoms with Gasteiger partial charge < -0.3 is 0 Å². The fourth-order valence-corrected chi connectivity index (χ4v) is 5.75. The van der Waals surface area contributed by atoms with Crippen molar-refractivity contribution in [2.24, 2.45) is 11.0 Å². The molecule has 2 unspecified atom stereocenters. The van der Waals surface area contributed by atoms with E-state index in [1.54, 1.807) is 30.1 Å². The smallest absolute Gasteiger partial charge is 0.272 e. The number of carbonyl (C=O) groups is 1. The van der Waals surface area contributed by atoms with Crippen LogP contribution in [0, 0.1) is 12.8 Å². The maximum atomic E-state index is 13.2. The summed E-state index contributed by atoms with van der Waals surface area (Å²) in [5.41, 5.74) is 3.45. The van der Waals surface area contributed by atoms with E-state index in [-0.39, 0.29) is 28.1 Å². The largest absolute Gasteiger partial charge is 0.296 e. The van der Waals surface area contributed by atoms with E-state index in [0.717, 1.165) is 24.0 Å². The van der Waals surface area contributed by atoms with Crippen LogP contribution < -0.4 is 0 Å². The van der Waals surface area contributed by atoms with Crippen molar-refractivity contribution in [1.29, 1.82) is 0 Å². The molecule has 3 rings (SSSR count). The number of thioether (sulfide) groups is 1. The predicted molar refractivity (Wildman–Crippen MR) is 143 cm³/mol. The van der Waals surface area contributed by atoms with E-state index in [1.165, 1.54) is 22.7 Å². The number of hydrogen-bond acceptors (Lipinski definition) is 6. The molecule has 0 fully saturated rings. The second-order valence-corrected chi connectivity index (χ2v) is 12.7. The average molecular weight is 517 g/mol. The van der Waals surface area contributed by atoms with Gasteiger partial charge in [0.05, 0.1) is 22.7 Å². The second kappa shape index (κ2) is 11.7. The molecule has 0 aliphatic carbocycles. The van der Waals surface area contributed by atoms with Gasteiger partial charge in [-0.3, -0.25) is 8.98 Å². The molecule has 0 radical (unpaired) electrons. The minimum atomic E-state index is -3.97. The van der Waals surface area contributed by atoms with Crippen molar-refractivity contribution in [2.75, 3.05) is 13.2 Å². The summed E-state index contributed by atoms with van der Waals surface area (Å²) in [7, 11) is -3.97. The van der Waals surface area contributed by atoms with Gasteiger partial charge in [-0.25, -0.2) is 5.01 Å². The third-order valence-electron chi connectivity index (χ3n) is 6.02. The zero-order valence-electron chi connectivity index (χ0n) is 21.2. The lowest BCUT2D eigenvalue weighted by Crippen LogP contribution is -2.45. The summed E-state index contributed by atoms with van der Waals surface area (Å²) in [6.45, 7) is 10.8. The number of unbranched alkanes of at least 4 members (excludes halogenated alkanes) is 1. The van der Waals surface area contributed by atoms with Gasteiger partial charge in [-0.2, -0.15) is 13.5 Å². The van der Waals surface area contributed by atoms with Gasteiger partial charge in [0.1, 0.15) is 0 Å². The molecule has 2 aromatic carbocycles. The lowest BCUT2D eigenvalue weighted by molar-refractivity contribution is -0.136. The standard InChI is InChI=1S/C27H36N2O4S2/c1-6-7-16-29-26(30)24(18-33-35(31,32)23-14-8-20(2)9-15-23)25(17-28-29)34-19-21-10-12-22(13-11-21)27(3,4)5/h8-15,17,24-25H,6-7,16,18-19H2,1-5H3. The molecule has 190 valence electrons. The zero-order chi connectivity index (χ0) is 25.6. The molecular formula is C27H36N2O4S2. The van der Waals surface area contributed by atoms with E-state index in [4.69, 9.17) is 4.18 Å². The second-order valence-electron chi connectivity index (χ2n) is 9.96. The Labute approximate surface area is 214 Å². The fourth-order valence-electron chi connectivity index (χ4n) is 3.67. The first-order chi connectivity index (χ1) is 16.5. The van der Waals surface area contributed by atoms with Crippen LogP contribution in [0.15, 0.2) is 58.5 Å². The van der Waals surface area contributed by atoms with Gasteiger partial charge in [-0.15, -0.1) is 11.8 Å². The summed E-state index contributed by atoms with van der Waals surface area (Å²) in [4.78, 5) is 13.3. The van der Waals surface area contributed by atoms with E-state index in [9.17, 15) is 13.2 Å². The Morgan fingerprint density at radius 1 is 1.06 bits per heavy atom. The van der Waals surface area contributed by atoms with E-state index in [1.807, 2.05) is 6.92 Å². The highest BCUT2D eigenvalue weighted by Crippen LogP contribution is 2.30. The number of aryl methyl sites for hydroxylation is 1. The molecule has 0 saturated heterocycles. The average Bonchev–Trinajstić information content (AvgIpc) is 2.81. The fraction of sp³-hybridized carbons (Fsp3) is 0.481. The van der Waals surface area contributed by atoms with Crippen LogP contribution in [0.4, 0.5) is 0 Å². The summed E-state index contributed by atoms with van der Waals surface area (Å²) in [5.74, 6) is -0.144. The molecule has 1 amide bonds. The molecule has 0 spiro atoms. The monoisotopic (exact) mass is 516 g/mol. The van der Waals surface area contributed by atoms with Crippen molar-refractivity contribution in [3.63, 3.8) is 0 Å². The van der Waals surface area contributed by atoms with Crippen molar-refractivity contribution in [3.8, 4) is 0 Å². The maximum Gasteiger partial charge on any atom is 0.296 e. The third-order valence-corrected chi connectivity index (χ3v) is 8.65. The summed E-state index contributed by atoms with van der Waals surface area (Å²) >= 11 is 1.58. The third kappa shape index (κ3) is 7.41. The van der Waals surface area contributed by atoms with E-state index in [2.05, 4.69) is 57.1 Å². The molecule has 0 aromatic heterocycles. The van der Waals surface area contributed by atoms with E-state index < -0.39 is 16.0 Å². The molecule has 2 atom stereocenters. The van der Waals surface area contributed by atoms with Crippen LogP contribution >= 0.6 is 11.8 Å². The number of carbonyl (C=O) groups excluding carboxylic acids is 1. The predicted octanol–water partition coefficient (Wildman–Crippen LogP) is 5.54. The molecule has 1 heterocycles. The quantitative estimate of drug-likeness (QED) is 0.387. The van der Waals surface area contributed by atoms with Crippen molar-refractivity contribution < 1.29 is 17.4 Å². The van der Waals surface area contributed by atoms with Crippen LogP contribution in [0.5, 0.6) is 0 Å². The SMILES string of the molecule is CCCCN1N=CC(SCc2ccc(C(C)(C)C)cc2)C(COS(=O)(=O)c2ccc(C)cc2)C1=O. The first-order valence-corrected chi connectivity index (χ1v) is 14.5. The minimum absolute atomic E-state index is 0.0848. The summed E-state index contributed by atoms with van der Waals surface area (Å²) in [5, 5.41) is 5.55. The first-order valence-electron chi connectivity index (χ1n) is 12.0. The van der Waals surface area contributed by atoms with Gasteiger partial charge in [-0.1, -0.05) is 76.1 Å². The molecule has 0 N–H and O–H groups in total. The Kier molecular flexibility index (Phi) is 9.18. The van der Waals surface area contributed by atoms with Gasteiger partial charge in [0.15, 0.2) is 0 Å². The van der Waals surface area contributed by atoms with Crippen LogP contribution in [0.1, 0.15) is 57.2 Å². The van der Waals surface area contributed by atoms with Crippen molar-refractivity contribution >= 4 is 34.0 Å². The van der Waals surface area contributed by atoms with Crippen LogP contribution in [0.3, 0.4) is 0 Å². The van der Waals surface area contributed by atoms with Crippen molar-refractivity contribution in [1.82, 2.24) is 5.01 Å². The lowest BCUT2D eigenvalue weighted by Gasteiger charge is -2.31. The molecule has 6 nitrogen and oxygen atoms in total. The number of rotatable bonds is 10. The molecule has 0 bridgehead atoms. The summed E-state index contributed by atoms with van der Waals surface area (Å²) in [6.07, 6.45) is 3.53. The van der Waals surface area contributed by atoms with Gasteiger partial charge >= 0.3 is 0 Å². The number of nitrogens with zero attached hydrogens (tertiary/aromatic N) is 2. The van der Waals surface area contributed by atoms with Crippen LogP contribution in [-0.2, 0) is 30.3 Å². The van der Waals surface area contributed by atoms with Crippen molar-refractivity contribution in [2.45, 2.75) is 68.8 Å². The van der Waals surface area contributed by atoms with E-state index in [0.29, 0.717) is 12.3 Å². The number of amides is 1. The minimum Gasteiger partial charge on any atom is -0.272 e. The van der Waals surface area contributed by atoms with Gasteiger partial charge in [0.2, 0.25) is 5.91 Å². The molecule has 1 aliphatic heterocycles. The van der Waals surface area contributed by atoms with Crippen LogP contribution in [0.25, 0.3) is 0 Å². The molecule has 0 saturated carbocycles. The first kappa shape index (κ1) is 27.4. The van der Waals surface area contributed by atoms with Gasteiger partial charge in [-0.05, 0) is 42.0 Å². The molecule has 35 heavy (non-hydrogen) atoms. The Hall–Kier alpha value is -2.16. The Bertz CT molecular complexity index is 1120. The summed E-state index contributed by atoms with van der Waals surface area (Å²) in [6, 6.07) is 15.0. The molecular weight excluding hydrogens is 480 g/mol. The highest BCUT2D eigenvalue weighted by Gasteiger charge is 2.36. The van der Waals surface area contributed by atoms with Gasteiger partial charge in [0.25, 0.3) is 10.1 Å². The summed E-state index contributed by atoms with van der Waals surface area (Å²) < 4.78 is 30.9. The highest BCUT2D eigenvalue weighted by atomic mass is 32.2. The van der Waals surface area contributed by atoms with Crippen molar-refractivity contribution in [3.05, 3.63) is 65.2 Å². The van der Waals surface area contributed by atoms with Gasteiger partial charge in [0, 0.05) is 18.5 Å². The Morgan fingerprint density at radius 3 is 2.31 bits per heavy atom. The Balaban J connectivity index is 1.73. The Morgan fingerprint density at radius 2 is 1.71 bits per heavy atom. The van der Waals surface area contributed by atoms with E-state index >= 15 is 0 Å². The number of hydrazone groups is 1. The topological polar surface area (TPSA) is 76.0 Å². The molecule has 2 aromatic rings. The number of benzene rings is 2. The van der Waals surface area contributed by atoms with Crippen LogP contribution in [-0.4, -0.2) is 44.0 Å². The zero-order valence-corrected chi connectivity index (χ0v) is 22.9. The van der Waals surface area contributed by atoms with Crippen LogP contribution in [0.2, 0.25) is 0 Å². The highest BCUT2D eigenvalue weighted by molar-refractivity contribution is 7.99. The number of hydrogen-bond donors (Lipinski definition) is 0. The molecule has 8 heteroatoms. The lowest BCUT2D eigenvalue weighted by atomic mass is 9.87. The normalized spacial score (nSPS) is 18.8. The molecule has 1 aliphatic rings.